The highest BCUT2D eigenvalue weighted by Gasteiger charge is 2.40. The minimum atomic E-state index is -0.679. The molecule has 3 amide bonds. The summed E-state index contributed by atoms with van der Waals surface area (Å²) in [5.74, 6) is -1.76. The normalized spacial score (nSPS) is 20.7. The molecule has 0 saturated carbocycles. The van der Waals surface area contributed by atoms with Crippen LogP contribution in [0.4, 0.5) is 4.39 Å². The molecule has 0 aliphatic carbocycles. The van der Waals surface area contributed by atoms with Crippen LogP contribution in [-0.4, -0.2) is 55.2 Å². The number of carbonyl (C=O) groups excluding carboxylic acids is 3. The van der Waals surface area contributed by atoms with Crippen LogP contribution in [0.15, 0.2) is 24.3 Å². The van der Waals surface area contributed by atoms with Crippen molar-refractivity contribution < 1.29 is 18.8 Å². The zero-order valence-corrected chi connectivity index (χ0v) is 14.1. The predicted octanol–water partition coefficient (Wildman–Crippen LogP) is 0.940. The van der Waals surface area contributed by atoms with Crippen molar-refractivity contribution in [1.82, 2.24) is 15.1 Å². The van der Waals surface area contributed by atoms with Crippen LogP contribution in [-0.2, 0) is 14.4 Å². The Kier molecular flexibility index (Phi) is 5.54. The molecule has 0 unspecified atom stereocenters. The molecule has 1 aliphatic rings. The van der Waals surface area contributed by atoms with Gasteiger partial charge in [-0.2, -0.15) is 0 Å². The number of nitrogens with one attached hydrogen (secondary N) is 1. The van der Waals surface area contributed by atoms with E-state index in [1.54, 1.807) is 39.3 Å². The van der Waals surface area contributed by atoms with E-state index in [2.05, 4.69) is 5.32 Å². The Labute approximate surface area is 140 Å². The van der Waals surface area contributed by atoms with Gasteiger partial charge in [-0.05, 0) is 12.5 Å². The molecule has 2 rings (SSSR count). The number of hydrogen-bond acceptors (Lipinski definition) is 3. The topological polar surface area (TPSA) is 69.7 Å². The van der Waals surface area contributed by atoms with Crippen molar-refractivity contribution in [2.24, 2.45) is 5.92 Å². The van der Waals surface area contributed by atoms with Gasteiger partial charge in [-0.25, -0.2) is 4.39 Å². The molecule has 0 aromatic heterocycles. The largest absolute Gasteiger partial charge is 0.347 e. The third-order valence-corrected chi connectivity index (χ3v) is 4.33. The van der Waals surface area contributed by atoms with E-state index in [1.165, 1.54) is 15.9 Å². The van der Waals surface area contributed by atoms with Gasteiger partial charge in [0.2, 0.25) is 17.7 Å². The van der Waals surface area contributed by atoms with Gasteiger partial charge < -0.3 is 15.1 Å². The quantitative estimate of drug-likeness (QED) is 0.890. The van der Waals surface area contributed by atoms with E-state index in [4.69, 9.17) is 0 Å². The van der Waals surface area contributed by atoms with Crippen LogP contribution in [0.1, 0.15) is 24.4 Å². The molecule has 130 valence electrons. The second-order valence-corrected chi connectivity index (χ2v) is 6.12. The lowest BCUT2D eigenvalue weighted by Gasteiger charge is -2.38. The van der Waals surface area contributed by atoms with E-state index < -0.39 is 17.8 Å². The fourth-order valence-electron chi connectivity index (χ4n) is 2.90. The Morgan fingerprint density at radius 1 is 1.33 bits per heavy atom. The molecule has 1 N–H and O–H groups in total. The predicted molar refractivity (Wildman–Crippen MR) is 86.3 cm³/mol. The molecule has 2 atom stereocenters. The summed E-state index contributed by atoms with van der Waals surface area (Å²) in [6.07, 6.45) is 0.547. The molecule has 1 saturated heterocycles. The van der Waals surface area contributed by atoms with Crippen LogP contribution < -0.4 is 5.32 Å². The monoisotopic (exact) mass is 335 g/mol. The number of carbonyl (C=O) groups is 3. The molecule has 1 heterocycles. The third-order valence-electron chi connectivity index (χ3n) is 4.33. The molecule has 24 heavy (non-hydrogen) atoms. The second kappa shape index (κ2) is 7.42. The van der Waals surface area contributed by atoms with Crippen LogP contribution in [0.5, 0.6) is 0 Å². The van der Waals surface area contributed by atoms with Crippen molar-refractivity contribution in [2.45, 2.75) is 18.9 Å². The molecule has 1 fully saturated rings. The molecule has 1 aromatic rings. The van der Waals surface area contributed by atoms with Crippen molar-refractivity contribution >= 4 is 17.7 Å². The Morgan fingerprint density at radius 3 is 2.62 bits per heavy atom. The number of benzene rings is 1. The van der Waals surface area contributed by atoms with E-state index in [9.17, 15) is 18.8 Å². The molecule has 0 radical (unpaired) electrons. The minimum Gasteiger partial charge on any atom is -0.347 e. The maximum atomic E-state index is 14.2. The SMILES string of the molecule is CN(C)C(=O)CNC(=O)[C@@H]1CCC(=O)N(C)[C@@H]1c1ccccc1F. The highest BCUT2D eigenvalue weighted by Crippen LogP contribution is 2.36. The van der Waals surface area contributed by atoms with Crippen molar-refractivity contribution in [3.8, 4) is 0 Å². The van der Waals surface area contributed by atoms with Crippen molar-refractivity contribution in [1.29, 1.82) is 0 Å². The molecule has 7 heteroatoms. The van der Waals surface area contributed by atoms with Gasteiger partial charge in [0.1, 0.15) is 5.82 Å². The zero-order chi connectivity index (χ0) is 17.9. The van der Waals surface area contributed by atoms with E-state index in [0.29, 0.717) is 12.0 Å². The Bertz CT molecular complexity index is 648. The summed E-state index contributed by atoms with van der Waals surface area (Å²) in [5.41, 5.74) is 0.312. The molecule has 0 spiro atoms. The molecular weight excluding hydrogens is 313 g/mol. The van der Waals surface area contributed by atoms with Gasteiger partial charge in [0.25, 0.3) is 0 Å². The summed E-state index contributed by atoms with van der Waals surface area (Å²) in [4.78, 5) is 39.0. The van der Waals surface area contributed by atoms with E-state index in [1.807, 2.05) is 0 Å². The van der Waals surface area contributed by atoms with Crippen LogP contribution in [0.3, 0.4) is 0 Å². The number of nitrogens with zero attached hydrogens (tertiary/aromatic N) is 2. The van der Waals surface area contributed by atoms with Crippen molar-refractivity contribution in [3.05, 3.63) is 35.6 Å². The number of hydrogen-bond donors (Lipinski definition) is 1. The summed E-state index contributed by atoms with van der Waals surface area (Å²) in [7, 11) is 4.78. The lowest BCUT2D eigenvalue weighted by Crippen LogP contribution is -2.48. The third kappa shape index (κ3) is 3.72. The molecule has 1 aromatic carbocycles. The molecule has 6 nitrogen and oxygen atoms in total. The molecular formula is C17H22FN3O3. The van der Waals surface area contributed by atoms with Gasteiger partial charge in [0.05, 0.1) is 18.5 Å². The summed E-state index contributed by atoms with van der Waals surface area (Å²) in [6.45, 7) is -0.121. The fraction of sp³-hybridized carbons (Fsp3) is 0.471. The number of likely N-dealkylation sites (N-methyl/N-ethyl adjacent to an activating group) is 1. The second-order valence-electron chi connectivity index (χ2n) is 6.12. The Morgan fingerprint density at radius 2 is 2.00 bits per heavy atom. The number of halogens is 1. The van der Waals surface area contributed by atoms with Crippen LogP contribution in [0.2, 0.25) is 0 Å². The van der Waals surface area contributed by atoms with Gasteiger partial charge >= 0.3 is 0 Å². The Balaban J connectivity index is 2.22. The Hall–Kier alpha value is -2.44. The molecule has 1 aliphatic heterocycles. The summed E-state index contributed by atoms with van der Waals surface area (Å²) in [6, 6.07) is 5.46. The van der Waals surface area contributed by atoms with Gasteiger partial charge in [0, 0.05) is 33.1 Å². The van der Waals surface area contributed by atoms with Crippen molar-refractivity contribution in [2.75, 3.05) is 27.7 Å². The summed E-state index contributed by atoms with van der Waals surface area (Å²) < 4.78 is 14.2. The maximum Gasteiger partial charge on any atom is 0.241 e. The zero-order valence-electron chi connectivity index (χ0n) is 14.1. The highest BCUT2D eigenvalue weighted by atomic mass is 19.1. The first-order chi connectivity index (χ1) is 11.3. The number of piperidine rings is 1. The average Bonchev–Trinajstić information content (AvgIpc) is 2.55. The van der Waals surface area contributed by atoms with Crippen LogP contribution >= 0.6 is 0 Å². The van der Waals surface area contributed by atoms with Gasteiger partial charge in [0.15, 0.2) is 0 Å². The van der Waals surface area contributed by atoms with E-state index >= 15 is 0 Å². The minimum absolute atomic E-state index is 0.121. The molecule has 0 bridgehead atoms. The van der Waals surface area contributed by atoms with Crippen molar-refractivity contribution in [3.63, 3.8) is 0 Å². The lowest BCUT2D eigenvalue weighted by atomic mass is 9.83. The number of likely N-dealkylation sites (tertiary alicyclic amines) is 1. The highest BCUT2D eigenvalue weighted by molar-refractivity contribution is 5.88. The number of rotatable bonds is 4. The van der Waals surface area contributed by atoms with E-state index in [0.717, 1.165) is 0 Å². The van der Waals surface area contributed by atoms with Crippen LogP contribution in [0, 0.1) is 11.7 Å². The first-order valence-corrected chi connectivity index (χ1v) is 7.81. The van der Waals surface area contributed by atoms with Crippen LogP contribution in [0.25, 0.3) is 0 Å². The smallest absolute Gasteiger partial charge is 0.241 e. The number of amides is 3. The standard InChI is InChI=1S/C17H22FN3O3/c1-20(2)15(23)10-19-17(24)12-8-9-14(22)21(3)16(12)11-6-4-5-7-13(11)18/h4-7,12,16H,8-10H2,1-3H3,(H,19,24)/t12-,16-/m1/s1. The van der Waals surface area contributed by atoms with Gasteiger partial charge in [-0.15, -0.1) is 0 Å². The summed E-state index contributed by atoms with van der Waals surface area (Å²) in [5, 5.41) is 2.60. The van der Waals surface area contributed by atoms with Gasteiger partial charge in [-0.1, -0.05) is 18.2 Å². The summed E-state index contributed by atoms with van der Waals surface area (Å²) >= 11 is 0. The van der Waals surface area contributed by atoms with Gasteiger partial charge in [-0.3, -0.25) is 14.4 Å². The first-order valence-electron chi connectivity index (χ1n) is 7.81. The average molecular weight is 335 g/mol. The fourth-order valence-corrected chi connectivity index (χ4v) is 2.90. The lowest BCUT2D eigenvalue weighted by molar-refractivity contribution is -0.142. The first kappa shape index (κ1) is 17.9. The van der Waals surface area contributed by atoms with E-state index in [-0.39, 0.29) is 30.7 Å². The maximum absolute atomic E-state index is 14.2.